The van der Waals surface area contributed by atoms with Gasteiger partial charge in [0, 0.05) is 10.4 Å². The van der Waals surface area contributed by atoms with Crippen molar-refractivity contribution in [1.29, 1.82) is 0 Å². The summed E-state index contributed by atoms with van der Waals surface area (Å²) in [7, 11) is 0. The van der Waals surface area contributed by atoms with E-state index in [4.69, 9.17) is 11.6 Å². The molecule has 0 spiro atoms. The summed E-state index contributed by atoms with van der Waals surface area (Å²) in [5, 5.41) is 23.9. The Morgan fingerprint density at radius 2 is 1.75 bits per heavy atom. The van der Waals surface area contributed by atoms with E-state index in [0.29, 0.717) is 23.1 Å². The minimum atomic E-state index is -0.236. The lowest BCUT2D eigenvalue weighted by Gasteiger charge is -2.18. The van der Waals surface area contributed by atoms with Gasteiger partial charge in [-0.15, -0.1) is 0 Å². The standard InChI is InChI=1S/C18H18ClN3O2/c19-13-7-5-12(6-8-13)9-14(10-23)20-18-15-3-1-2-4-16(15)21-17(11-24)22-18/h1-8,14,23-24H,9-11H2,(H,20,21,22). The average molecular weight is 344 g/mol. The Labute approximate surface area is 145 Å². The number of hydrogen-bond acceptors (Lipinski definition) is 5. The molecule has 2 aromatic carbocycles. The van der Waals surface area contributed by atoms with Crippen LogP contribution in [-0.2, 0) is 13.0 Å². The van der Waals surface area contributed by atoms with Crippen molar-refractivity contribution in [3.05, 3.63) is 64.9 Å². The number of hydrogen-bond donors (Lipinski definition) is 3. The fourth-order valence-corrected chi connectivity index (χ4v) is 2.69. The summed E-state index contributed by atoms with van der Waals surface area (Å²) in [6.45, 7) is -0.282. The second-order valence-electron chi connectivity index (χ2n) is 5.52. The zero-order valence-corrected chi connectivity index (χ0v) is 13.7. The summed E-state index contributed by atoms with van der Waals surface area (Å²) in [5.74, 6) is 0.956. The quantitative estimate of drug-likeness (QED) is 0.641. The summed E-state index contributed by atoms with van der Waals surface area (Å²) >= 11 is 5.90. The fraction of sp³-hybridized carbons (Fsp3) is 0.222. The maximum absolute atomic E-state index is 9.72. The highest BCUT2D eigenvalue weighted by molar-refractivity contribution is 6.30. The van der Waals surface area contributed by atoms with Crippen molar-refractivity contribution < 1.29 is 10.2 Å². The molecule has 0 saturated heterocycles. The van der Waals surface area contributed by atoms with Crippen molar-refractivity contribution in [2.45, 2.75) is 19.1 Å². The monoisotopic (exact) mass is 343 g/mol. The molecule has 24 heavy (non-hydrogen) atoms. The summed E-state index contributed by atoms with van der Waals surface area (Å²) in [6.07, 6.45) is 0.625. The number of nitrogens with one attached hydrogen (secondary N) is 1. The van der Waals surface area contributed by atoms with Crippen LogP contribution in [0.5, 0.6) is 0 Å². The zero-order chi connectivity index (χ0) is 16.9. The lowest BCUT2D eigenvalue weighted by Crippen LogP contribution is -2.27. The van der Waals surface area contributed by atoms with E-state index in [9.17, 15) is 10.2 Å². The summed E-state index contributed by atoms with van der Waals surface area (Å²) < 4.78 is 0. The highest BCUT2D eigenvalue weighted by Gasteiger charge is 2.13. The van der Waals surface area contributed by atoms with Gasteiger partial charge in [0.15, 0.2) is 5.82 Å². The van der Waals surface area contributed by atoms with Gasteiger partial charge in [-0.25, -0.2) is 9.97 Å². The lowest BCUT2D eigenvalue weighted by atomic mass is 10.1. The van der Waals surface area contributed by atoms with Gasteiger partial charge in [-0.1, -0.05) is 35.9 Å². The number of fused-ring (bicyclic) bond motifs is 1. The van der Waals surface area contributed by atoms with Crippen LogP contribution < -0.4 is 5.32 Å². The molecule has 3 N–H and O–H groups in total. The van der Waals surface area contributed by atoms with E-state index in [0.717, 1.165) is 16.5 Å². The molecule has 0 bridgehead atoms. The number of aliphatic hydroxyl groups excluding tert-OH is 2. The fourth-order valence-electron chi connectivity index (χ4n) is 2.57. The van der Waals surface area contributed by atoms with E-state index < -0.39 is 0 Å². The Bertz CT molecular complexity index is 824. The first-order valence-corrected chi connectivity index (χ1v) is 8.05. The first-order valence-electron chi connectivity index (χ1n) is 7.68. The topological polar surface area (TPSA) is 78.3 Å². The number of aliphatic hydroxyl groups is 2. The van der Waals surface area contributed by atoms with Gasteiger partial charge >= 0.3 is 0 Å². The Hall–Kier alpha value is -2.21. The minimum Gasteiger partial charge on any atom is -0.394 e. The van der Waals surface area contributed by atoms with Crippen LogP contribution in [0.25, 0.3) is 10.9 Å². The van der Waals surface area contributed by atoms with E-state index in [1.54, 1.807) is 0 Å². The molecule has 0 radical (unpaired) electrons. The second-order valence-corrected chi connectivity index (χ2v) is 5.95. The van der Waals surface area contributed by atoms with E-state index >= 15 is 0 Å². The van der Waals surface area contributed by atoms with E-state index in [1.165, 1.54) is 0 Å². The number of para-hydroxylation sites is 1. The predicted octanol–water partition coefficient (Wildman–Crippen LogP) is 2.79. The maximum atomic E-state index is 9.72. The summed E-state index contributed by atoms with van der Waals surface area (Å²) in [4.78, 5) is 8.66. The molecule has 0 saturated carbocycles. The molecule has 5 nitrogen and oxygen atoms in total. The molecule has 0 fully saturated rings. The third-order valence-corrected chi connectivity index (χ3v) is 4.00. The van der Waals surface area contributed by atoms with Gasteiger partial charge in [0.25, 0.3) is 0 Å². The first kappa shape index (κ1) is 16.6. The number of anilines is 1. The van der Waals surface area contributed by atoms with Gasteiger partial charge in [0.05, 0.1) is 18.2 Å². The molecule has 1 aromatic heterocycles. The van der Waals surface area contributed by atoms with Crippen LogP contribution in [0.2, 0.25) is 5.02 Å². The van der Waals surface area contributed by atoms with Crippen LogP contribution in [0.4, 0.5) is 5.82 Å². The van der Waals surface area contributed by atoms with Gasteiger partial charge < -0.3 is 15.5 Å². The van der Waals surface area contributed by atoms with Crippen molar-refractivity contribution in [3.8, 4) is 0 Å². The van der Waals surface area contributed by atoms with Gasteiger partial charge in [-0.05, 0) is 36.2 Å². The maximum Gasteiger partial charge on any atom is 0.156 e. The highest BCUT2D eigenvalue weighted by Crippen LogP contribution is 2.21. The molecule has 3 rings (SSSR count). The van der Waals surface area contributed by atoms with Gasteiger partial charge in [-0.3, -0.25) is 0 Å². The zero-order valence-electron chi connectivity index (χ0n) is 13.0. The molecule has 0 aliphatic heterocycles. The Kier molecular flexibility index (Phi) is 5.25. The van der Waals surface area contributed by atoms with Crippen LogP contribution in [0.3, 0.4) is 0 Å². The van der Waals surface area contributed by atoms with E-state index in [2.05, 4.69) is 15.3 Å². The predicted molar refractivity (Wildman–Crippen MR) is 95.1 cm³/mol. The second kappa shape index (κ2) is 7.57. The molecule has 6 heteroatoms. The van der Waals surface area contributed by atoms with Crippen LogP contribution in [-0.4, -0.2) is 32.8 Å². The van der Waals surface area contributed by atoms with E-state index in [1.807, 2.05) is 48.5 Å². The summed E-state index contributed by atoms with van der Waals surface area (Å²) in [5.41, 5.74) is 1.81. The molecule has 3 aromatic rings. The number of benzene rings is 2. The smallest absolute Gasteiger partial charge is 0.156 e. The molecular formula is C18H18ClN3O2. The largest absolute Gasteiger partial charge is 0.394 e. The Morgan fingerprint density at radius 1 is 1.00 bits per heavy atom. The average Bonchev–Trinajstić information content (AvgIpc) is 2.62. The highest BCUT2D eigenvalue weighted by atomic mass is 35.5. The Balaban J connectivity index is 1.87. The van der Waals surface area contributed by atoms with Crippen molar-refractivity contribution in [2.75, 3.05) is 11.9 Å². The van der Waals surface area contributed by atoms with Crippen LogP contribution in [0.15, 0.2) is 48.5 Å². The molecular weight excluding hydrogens is 326 g/mol. The molecule has 1 atom stereocenters. The van der Waals surface area contributed by atoms with Crippen LogP contribution in [0.1, 0.15) is 11.4 Å². The van der Waals surface area contributed by atoms with Crippen LogP contribution in [0, 0.1) is 0 Å². The molecule has 0 amide bonds. The first-order chi connectivity index (χ1) is 11.7. The van der Waals surface area contributed by atoms with E-state index in [-0.39, 0.29) is 19.3 Å². The minimum absolute atomic E-state index is 0.0462. The molecule has 0 aliphatic rings. The van der Waals surface area contributed by atoms with Gasteiger partial charge in [-0.2, -0.15) is 0 Å². The number of nitrogens with zero attached hydrogens (tertiary/aromatic N) is 2. The summed E-state index contributed by atoms with van der Waals surface area (Å²) in [6, 6.07) is 14.9. The van der Waals surface area contributed by atoms with Gasteiger partial charge in [0.2, 0.25) is 0 Å². The molecule has 0 aliphatic carbocycles. The number of rotatable bonds is 6. The third kappa shape index (κ3) is 3.82. The number of halogens is 1. The van der Waals surface area contributed by atoms with Crippen LogP contribution >= 0.6 is 11.6 Å². The lowest BCUT2D eigenvalue weighted by molar-refractivity contribution is 0.270. The third-order valence-electron chi connectivity index (χ3n) is 3.75. The molecule has 1 unspecified atom stereocenters. The van der Waals surface area contributed by atoms with Crippen molar-refractivity contribution in [3.63, 3.8) is 0 Å². The molecule has 1 heterocycles. The van der Waals surface area contributed by atoms with Crippen molar-refractivity contribution in [2.24, 2.45) is 0 Å². The molecule has 124 valence electrons. The SMILES string of the molecule is OCc1nc(NC(CO)Cc2ccc(Cl)cc2)c2ccccc2n1. The van der Waals surface area contributed by atoms with Gasteiger partial charge in [0.1, 0.15) is 12.4 Å². The van der Waals surface area contributed by atoms with Crippen molar-refractivity contribution in [1.82, 2.24) is 9.97 Å². The Morgan fingerprint density at radius 3 is 2.46 bits per heavy atom. The van der Waals surface area contributed by atoms with Crippen molar-refractivity contribution >= 4 is 28.3 Å². The number of aromatic nitrogens is 2. The normalized spacial score (nSPS) is 12.3.